The molecule has 0 spiro atoms. The van der Waals surface area contributed by atoms with Crippen molar-refractivity contribution in [1.29, 1.82) is 0 Å². The number of hydrogen-bond acceptors (Lipinski definition) is 4. The Morgan fingerprint density at radius 1 is 1.32 bits per heavy atom. The molecule has 0 saturated heterocycles. The minimum atomic E-state index is -3.58. The van der Waals surface area contributed by atoms with Crippen LogP contribution in [0.2, 0.25) is 0 Å². The maximum Gasteiger partial charge on any atom is 0.329 e. The summed E-state index contributed by atoms with van der Waals surface area (Å²) >= 11 is 0. The van der Waals surface area contributed by atoms with Gasteiger partial charge in [0.15, 0.2) is 0 Å². The summed E-state index contributed by atoms with van der Waals surface area (Å²) in [4.78, 5) is 11.6. The highest BCUT2D eigenvalue weighted by Crippen LogP contribution is 2.26. The van der Waals surface area contributed by atoms with Crippen molar-refractivity contribution in [2.75, 3.05) is 17.7 Å². The number of methoxy groups -OCH3 is 1. The molecule has 0 heterocycles. The normalized spacial score (nSPS) is 12.9. The van der Waals surface area contributed by atoms with Crippen molar-refractivity contribution in [2.45, 2.75) is 26.8 Å². The molecule has 0 saturated carbocycles. The van der Waals surface area contributed by atoms with Gasteiger partial charge in [0.05, 0.1) is 19.1 Å². The molecule has 0 aliphatic rings. The Labute approximate surface area is 114 Å². The monoisotopic (exact) mass is 285 g/mol. The van der Waals surface area contributed by atoms with Crippen molar-refractivity contribution in [1.82, 2.24) is 0 Å². The molecule has 5 nitrogen and oxygen atoms in total. The molecule has 1 aromatic carbocycles. The molecule has 0 aliphatic carbocycles. The summed E-state index contributed by atoms with van der Waals surface area (Å²) in [5, 5.41) is 0. The number of carbonyl (C=O) groups excluding carboxylic acids is 1. The van der Waals surface area contributed by atoms with Gasteiger partial charge in [-0.1, -0.05) is 12.1 Å². The number of nitrogens with zero attached hydrogens (tertiary/aromatic N) is 1. The number of anilines is 1. The molecule has 1 atom stereocenters. The third-order valence-corrected chi connectivity index (χ3v) is 4.08. The van der Waals surface area contributed by atoms with E-state index in [-0.39, 0.29) is 0 Å². The first-order valence-corrected chi connectivity index (χ1v) is 7.67. The first-order chi connectivity index (χ1) is 8.68. The number of benzene rings is 1. The summed E-state index contributed by atoms with van der Waals surface area (Å²) in [5.74, 6) is -0.591. The van der Waals surface area contributed by atoms with Gasteiger partial charge in [0, 0.05) is 0 Å². The van der Waals surface area contributed by atoms with Gasteiger partial charge in [-0.05, 0) is 38.0 Å². The fraction of sp³-hybridized carbons (Fsp3) is 0.462. The van der Waals surface area contributed by atoms with Crippen LogP contribution in [0.3, 0.4) is 0 Å². The number of hydrogen-bond donors (Lipinski definition) is 0. The van der Waals surface area contributed by atoms with Gasteiger partial charge in [-0.3, -0.25) is 4.31 Å². The molecule has 1 aromatic rings. The van der Waals surface area contributed by atoms with E-state index in [2.05, 4.69) is 4.74 Å². The molecule has 0 fully saturated rings. The van der Waals surface area contributed by atoms with E-state index in [9.17, 15) is 13.2 Å². The van der Waals surface area contributed by atoms with E-state index in [0.717, 1.165) is 21.7 Å². The Kier molecular flexibility index (Phi) is 4.57. The highest BCUT2D eigenvalue weighted by molar-refractivity contribution is 7.92. The van der Waals surface area contributed by atoms with Crippen LogP contribution >= 0.6 is 0 Å². The van der Waals surface area contributed by atoms with Crippen LogP contribution in [0.15, 0.2) is 18.2 Å². The second-order valence-corrected chi connectivity index (χ2v) is 6.41. The first-order valence-electron chi connectivity index (χ1n) is 5.83. The third kappa shape index (κ3) is 3.47. The van der Waals surface area contributed by atoms with Crippen LogP contribution in [-0.4, -0.2) is 33.8 Å². The van der Waals surface area contributed by atoms with Crippen LogP contribution in [0.5, 0.6) is 0 Å². The number of esters is 1. The summed E-state index contributed by atoms with van der Waals surface area (Å²) in [6.45, 7) is 5.18. The molecule has 106 valence electrons. The Morgan fingerprint density at radius 2 is 1.89 bits per heavy atom. The summed E-state index contributed by atoms with van der Waals surface area (Å²) < 4.78 is 29.7. The fourth-order valence-corrected chi connectivity index (χ4v) is 3.11. The molecular formula is C13H19NO4S. The van der Waals surface area contributed by atoms with Gasteiger partial charge >= 0.3 is 5.97 Å². The summed E-state index contributed by atoms with van der Waals surface area (Å²) in [6.07, 6.45) is 1.08. The van der Waals surface area contributed by atoms with Gasteiger partial charge in [0.25, 0.3) is 0 Å². The fourth-order valence-electron chi connectivity index (χ4n) is 1.90. The minimum Gasteiger partial charge on any atom is -0.467 e. The predicted octanol–water partition coefficient (Wildman–Crippen LogP) is 1.63. The van der Waals surface area contributed by atoms with E-state index < -0.39 is 22.0 Å². The molecule has 19 heavy (non-hydrogen) atoms. The van der Waals surface area contributed by atoms with Gasteiger partial charge in [0.2, 0.25) is 10.0 Å². The van der Waals surface area contributed by atoms with E-state index in [1.54, 1.807) is 13.0 Å². The summed E-state index contributed by atoms with van der Waals surface area (Å²) in [6, 6.07) is 4.56. The number of ether oxygens (including phenoxy) is 1. The van der Waals surface area contributed by atoms with Crippen LogP contribution in [0.1, 0.15) is 18.1 Å². The highest BCUT2D eigenvalue weighted by Gasteiger charge is 2.30. The van der Waals surface area contributed by atoms with Crippen LogP contribution < -0.4 is 4.31 Å². The van der Waals surface area contributed by atoms with E-state index in [1.807, 2.05) is 19.1 Å². The summed E-state index contributed by atoms with van der Waals surface area (Å²) in [5.41, 5.74) is 2.21. The van der Waals surface area contributed by atoms with Crippen molar-refractivity contribution in [3.8, 4) is 0 Å². The maximum atomic E-state index is 12.0. The number of rotatable bonds is 4. The minimum absolute atomic E-state index is 0.500. The lowest BCUT2D eigenvalue weighted by molar-refractivity contribution is -0.141. The van der Waals surface area contributed by atoms with Gasteiger partial charge < -0.3 is 4.74 Å². The molecule has 0 aliphatic heterocycles. The lowest BCUT2D eigenvalue weighted by Crippen LogP contribution is -2.43. The molecule has 0 amide bonds. The molecule has 1 unspecified atom stereocenters. The second-order valence-electron chi connectivity index (χ2n) is 4.55. The third-order valence-electron chi connectivity index (χ3n) is 2.85. The van der Waals surface area contributed by atoms with Gasteiger partial charge in [-0.15, -0.1) is 0 Å². The van der Waals surface area contributed by atoms with Crippen LogP contribution in [0.4, 0.5) is 5.69 Å². The van der Waals surface area contributed by atoms with Crippen molar-refractivity contribution in [3.63, 3.8) is 0 Å². The Balaban J connectivity index is 3.41. The lowest BCUT2D eigenvalue weighted by Gasteiger charge is -2.28. The van der Waals surface area contributed by atoms with Crippen molar-refractivity contribution in [3.05, 3.63) is 29.3 Å². The Morgan fingerprint density at radius 3 is 2.37 bits per heavy atom. The number of aryl methyl sites for hydroxylation is 2. The Hall–Kier alpha value is -1.56. The Bertz CT molecular complexity index is 580. The van der Waals surface area contributed by atoms with Crippen molar-refractivity contribution >= 4 is 21.7 Å². The van der Waals surface area contributed by atoms with Gasteiger partial charge in [-0.2, -0.15) is 0 Å². The first kappa shape index (κ1) is 15.5. The average Bonchev–Trinajstić information content (AvgIpc) is 2.31. The van der Waals surface area contributed by atoms with Crippen LogP contribution in [0.25, 0.3) is 0 Å². The zero-order valence-corrected chi connectivity index (χ0v) is 12.6. The molecule has 0 aromatic heterocycles. The van der Waals surface area contributed by atoms with Crippen LogP contribution in [-0.2, 0) is 19.6 Å². The molecule has 0 N–H and O–H groups in total. The second kappa shape index (κ2) is 5.61. The molecule has 1 rings (SSSR count). The van der Waals surface area contributed by atoms with E-state index >= 15 is 0 Å². The van der Waals surface area contributed by atoms with Crippen LogP contribution in [0, 0.1) is 13.8 Å². The average molecular weight is 285 g/mol. The highest BCUT2D eigenvalue weighted by atomic mass is 32.2. The van der Waals surface area contributed by atoms with Gasteiger partial charge in [0.1, 0.15) is 6.04 Å². The standard InChI is InChI=1S/C13H19NO4S/c1-9-6-7-10(2)12(8-9)14(19(5,16)17)11(3)13(15)18-4/h6-8,11H,1-5H3. The zero-order chi connectivity index (χ0) is 14.8. The topological polar surface area (TPSA) is 63.7 Å². The number of sulfonamides is 1. The molecule has 0 radical (unpaired) electrons. The van der Waals surface area contributed by atoms with Crippen molar-refractivity contribution in [2.24, 2.45) is 0 Å². The predicted molar refractivity (Wildman–Crippen MR) is 74.7 cm³/mol. The quantitative estimate of drug-likeness (QED) is 0.789. The molecule has 6 heteroatoms. The molecular weight excluding hydrogens is 266 g/mol. The van der Waals surface area contributed by atoms with E-state index in [0.29, 0.717) is 5.69 Å². The SMILES string of the molecule is COC(=O)C(C)N(c1cc(C)ccc1C)S(C)(=O)=O. The van der Waals surface area contributed by atoms with Gasteiger partial charge in [-0.25, -0.2) is 13.2 Å². The maximum absolute atomic E-state index is 12.0. The van der Waals surface area contributed by atoms with Crippen molar-refractivity contribution < 1.29 is 17.9 Å². The lowest BCUT2D eigenvalue weighted by atomic mass is 10.1. The van der Waals surface area contributed by atoms with E-state index in [1.165, 1.54) is 14.0 Å². The summed E-state index contributed by atoms with van der Waals surface area (Å²) in [7, 11) is -2.34. The number of carbonyl (C=O) groups is 1. The smallest absolute Gasteiger partial charge is 0.329 e. The largest absolute Gasteiger partial charge is 0.467 e. The van der Waals surface area contributed by atoms with E-state index in [4.69, 9.17) is 0 Å². The molecule has 0 bridgehead atoms. The zero-order valence-electron chi connectivity index (χ0n) is 11.8.